The Hall–Kier alpha value is -3.06. The monoisotopic (exact) mass is 440 g/mol. The Kier molecular flexibility index (Phi) is 7.17. The highest BCUT2D eigenvalue weighted by molar-refractivity contribution is 7.87. The normalized spacial score (nSPS) is 11.5. The second-order valence-electron chi connectivity index (χ2n) is 7.81. The first-order chi connectivity index (χ1) is 14.8. The van der Waals surface area contributed by atoms with Gasteiger partial charge in [-0.1, -0.05) is 62.4 Å². The zero-order valence-electron chi connectivity index (χ0n) is 18.0. The van der Waals surface area contributed by atoms with Crippen LogP contribution < -0.4 is 9.50 Å². The van der Waals surface area contributed by atoms with Crippen LogP contribution in [0.4, 0.5) is 10.5 Å². The van der Waals surface area contributed by atoms with Gasteiger partial charge in [-0.3, -0.25) is 0 Å². The number of carbonyl (C=O) groups is 1. The lowest BCUT2D eigenvalue weighted by Gasteiger charge is -2.25. The second kappa shape index (κ2) is 9.83. The maximum atomic E-state index is 13.1. The third-order valence-corrected chi connectivity index (χ3v) is 5.91. The molecule has 2 amide bonds. The van der Waals surface area contributed by atoms with Crippen molar-refractivity contribution in [3.05, 3.63) is 72.3 Å². The molecule has 0 heterocycles. The van der Waals surface area contributed by atoms with Gasteiger partial charge >= 0.3 is 16.1 Å². The standard InChI is InChI=1S/C24H28N2O4S/c1-4-31(28,29)30-21-12-7-9-19(15-21)17-26(16-18(2)3)24(27)25-23-14-8-11-20-10-5-6-13-22(20)23/h5-15,18H,4,16-17H2,1-3H3,(H,25,27). The van der Waals surface area contributed by atoms with Gasteiger partial charge in [0, 0.05) is 18.5 Å². The van der Waals surface area contributed by atoms with E-state index in [0.29, 0.717) is 13.1 Å². The fourth-order valence-corrected chi connectivity index (χ4v) is 3.83. The molecular formula is C24H28N2O4S. The molecule has 0 aliphatic rings. The van der Waals surface area contributed by atoms with Crippen molar-refractivity contribution >= 4 is 32.6 Å². The summed E-state index contributed by atoms with van der Waals surface area (Å²) in [5.74, 6) is 0.404. The summed E-state index contributed by atoms with van der Waals surface area (Å²) < 4.78 is 28.7. The van der Waals surface area contributed by atoms with Gasteiger partial charge in [-0.2, -0.15) is 8.42 Å². The van der Waals surface area contributed by atoms with Crippen LogP contribution in [0.3, 0.4) is 0 Å². The molecular weight excluding hydrogens is 412 g/mol. The molecule has 0 bridgehead atoms. The van der Waals surface area contributed by atoms with Crippen molar-refractivity contribution in [2.45, 2.75) is 27.3 Å². The molecule has 0 saturated carbocycles. The number of fused-ring (bicyclic) bond motifs is 1. The number of urea groups is 1. The maximum absolute atomic E-state index is 13.1. The largest absolute Gasteiger partial charge is 0.382 e. The van der Waals surface area contributed by atoms with Gasteiger partial charge < -0.3 is 14.4 Å². The van der Waals surface area contributed by atoms with Crippen molar-refractivity contribution in [3.8, 4) is 5.75 Å². The second-order valence-corrected chi connectivity index (χ2v) is 9.67. The van der Waals surface area contributed by atoms with E-state index in [1.54, 1.807) is 23.1 Å². The van der Waals surface area contributed by atoms with Crippen LogP contribution in [0.2, 0.25) is 0 Å². The molecule has 3 aromatic carbocycles. The van der Waals surface area contributed by atoms with E-state index in [2.05, 4.69) is 5.32 Å². The summed E-state index contributed by atoms with van der Waals surface area (Å²) >= 11 is 0. The Morgan fingerprint density at radius 3 is 2.48 bits per heavy atom. The highest BCUT2D eigenvalue weighted by Gasteiger charge is 2.17. The summed E-state index contributed by atoms with van der Waals surface area (Å²) in [6.45, 7) is 6.51. The third kappa shape index (κ3) is 6.21. The molecule has 0 spiro atoms. The number of benzene rings is 3. The van der Waals surface area contributed by atoms with E-state index in [0.717, 1.165) is 22.0 Å². The molecule has 6 nitrogen and oxygen atoms in total. The quantitative estimate of drug-likeness (QED) is 0.485. The molecule has 7 heteroatoms. The number of rotatable bonds is 8. The fraction of sp³-hybridized carbons (Fsp3) is 0.292. The van der Waals surface area contributed by atoms with Crippen LogP contribution in [-0.2, 0) is 16.7 Å². The summed E-state index contributed by atoms with van der Waals surface area (Å²) in [6, 6.07) is 20.3. The molecule has 0 atom stereocenters. The molecule has 0 unspecified atom stereocenters. The number of nitrogens with zero attached hydrogens (tertiary/aromatic N) is 1. The van der Waals surface area contributed by atoms with Gasteiger partial charge in [0.2, 0.25) is 0 Å². The first-order valence-corrected chi connectivity index (χ1v) is 11.9. The van der Waals surface area contributed by atoms with Crippen molar-refractivity contribution in [2.24, 2.45) is 5.92 Å². The van der Waals surface area contributed by atoms with Crippen LogP contribution >= 0.6 is 0 Å². The Labute approximate surface area is 184 Å². The smallest absolute Gasteiger partial charge is 0.322 e. The van der Waals surface area contributed by atoms with Gasteiger partial charge in [0.15, 0.2) is 0 Å². The maximum Gasteiger partial charge on any atom is 0.322 e. The molecule has 3 rings (SSSR count). The number of amides is 2. The van der Waals surface area contributed by atoms with E-state index in [-0.39, 0.29) is 23.5 Å². The number of hydrogen-bond donors (Lipinski definition) is 1. The van der Waals surface area contributed by atoms with Crippen LogP contribution in [0.25, 0.3) is 10.8 Å². The van der Waals surface area contributed by atoms with Gasteiger partial charge in [-0.15, -0.1) is 0 Å². The molecule has 0 aliphatic carbocycles. The highest BCUT2D eigenvalue weighted by atomic mass is 32.2. The molecule has 0 aliphatic heterocycles. The van der Waals surface area contributed by atoms with Crippen molar-refractivity contribution in [1.29, 1.82) is 0 Å². The van der Waals surface area contributed by atoms with Gasteiger partial charge in [-0.25, -0.2) is 4.79 Å². The average molecular weight is 441 g/mol. The van der Waals surface area contributed by atoms with Crippen LogP contribution in [0.15, 0.2) is 66.7 Å². The minimum absolute atomic E-state index is 0.107. The molecule has 164 valence electrons. The van der Waals surface area contributed by atoms with E-state index in [9.17, 15) is 13.2 Å². The fourth-order valence-electron chi connectivity index (χ4n) is 3.31. The predicted molar refractivity (Wildman–Crippen MR) is 125 cm³/mol. The molecule has 31 heavy (non-hydrogen) atoms. The number of hydrogen-bond acceptors (Lipinski definition) is 4. The van der Waals surface area contributed by atoms with Crippen molar-refractivity contribution < 1.29 is 17.4 Å². The summed E-state index contributed by atoms with van der Waals surface area (Å²) in [6.07, 6.45) is 0. The first kappa shape index (κ1) is 22.6. The molecule has 0 radical (unpaired) electrons. The lowest BCUT2D eigenvalue weighted by atomic mass is 10.1. The molecule has 1 N–H and O–H groups in total. The average Bonchev–Trinajstić information content (AvgIpc) is 2.73. The van der Waals surface area contributed by atoms with Crippen LogP contribution in [0.5, 0.6) is 5.75 Å². The Balaban J connectivity index is 1.81. The Bertz CT molecular complexity index is 1150. The summed E-state index contributed by atoms with van der Waals surface area (Å²) in [4.78, 5) is 14.9. The van der Waals surface area contributed by atoms with Gasteiger partial charge in [-0.05, 0) is 42.0 Å². The SMILES string of the molecule is CCS(=O)(=O)Oc1cccc(CN(CC(C)C)C(=O)Nc2cccc3ccccc23)c1. The predicted octanol–water partition coefficient (Wildman–Crippen LogP) is 5.26. The van der Waals surface area contributed by atoms with Gasteiger partial charge in [0.05, 0.1) is 11.4 Å². The zero-order chi connectivity index (χ0) is 22.4. The summed E-state index contributed by atoms with van der Waals surface area (Å²) in [5.41, 5.74) is 1.54. The topological polar surface area (TPSA) is 75.7 Å². The molecule has 0 aromatic heterocycles. The minimum Gasteiger partial charge on any atom is -0.382 e. The Morgan fingerprint density at radius 2 is 1.74 bits per heavy atom. The van der Waals surface area contributed by atoms with E-state index in [1.807, 2.05) is 62.4 Å². The highest BCUT2D eigenvalue weighted by Crippen LogP contribution is 2.24. The van der Waals surface area contributed by atoms with E-state index in [4.69, 9.17) is 4.18 Å². The third-order valence-electron chi connectivity index (χ3n) is 4.75. The number of nitrogens with one attached hydrogen (secondary N) is 1. The van der Waals surface area contributed by atoms with E-state index < -0.39 is 10.1 Å². The molecule has 3 aromatic rings. The zero-order valence-corrected chi connectivity index (χ0v) is 18.9. The molecule has 0 fully saturated rings. The summed E-state index contributed by atoms with van der Waals surface area (Å²) in [7, 11) is -3.61. The van der Waals surface area contributed by atoms with Gasteiger partial charge in [0.25, 0.3) is 0 Å². The van der Waals surface area contributed by atoms with Gasteiger partial charge in [0.1, 0.15) is 5.75 Å². The van der Waals surface area contributed by atoms with E-state index in [1.165, 1.54) is 6.92 Å². The van der Waals surface area contributed by atoms with E-state index >= 15 is 0 Å². The van der Waals surface area contributed by atoms with Crippen molar-refractivity contribution in [2.75, 3.05) is 17.6 Å². The van der Waals surface area contributed by atoms with Crippen molar-refractivity contribution in [3.63, 3.8) is 0 Å². The number of anilines is 1. The lowest BCUT2D eigenvalue weighted by molar-refractivity contribution is 0.201. The number of carbonyl (C=O) groups excluding carboxylic acids is 1. The first-order valence-electron chi connectivity index (χ1n) is 10.3. The molecule has 0 saturated heterocycles. The van der Waals surface area contributed by atoms with Crippen LogP contribution in [0, 0.1) is 5.92 Å². The Morgan fingerprint density at radius 1 is 1.03 bits per heavy atom. The summed E-state index contributed by atoms with van der Waals surface area (Å²) in [5, 5.41) is 5.06. The van der Waals surface area contributed by atoms with Crippen LogP contribution in [0.1, 0.15) is 26.3 Å². The van der Waals surface area contributed by atoms with Crippen LogP contribution in [-0.4, -0.2) is 31.6 Å². The van der Waals surface area contributed by atoms with Crippen molar-refractivity contribution in [1.82, 2.24) is 4.90 Å². The minimum atomic E-state index is -3.61. The lowest BCUT2D eigenvalue weighted by Crippen LogP contribution is -2.37.